The van der Waals surface area contributed by atoms with E-state index in [1.165, 1.54) is 25.1 Å². The molecule has 2 heterocycles. The molecule has 2 aromatic heterocycles. The van der Waals surface area contributed by atoms with E-state index in [0.29, 0.717) is 17.3 Å². The molecule has 2 aromatic rings. The van der Waals surface area contributed by atoms with Crippen LogP contribution >= 0.6 is 11.8 Å². The number of furan rings is 1. The van der Waals surface area contributed by atoms with Gasteiger partial charge in [-0.2, -0.15) is 0 Å². The normalized spacial score (nSPS) is 11.7. The highest BCUT2D eigenvalue weighted by atomic mass is 32.2. The maximum atomic E-state index is 11.8. The third kappa shape index (κ3) is 4.08. The van der Waals surface area contributed by atoms with Gasteiger partial charge < -0.3 is 14.5 Å². The van der Waals surface area contributed by atoms with Gasteiger partial charge in [0.25, 0.3) is 5.91 Å². The summed E-state index contributed by atoms with van der Waals surface area (Å²) in [5.74, 6) is -0.209. The molecule has 0 aliphatic heterocycles. The number of esters is 1. The van der Waals surface area contributed by atoms with Gasteiger partial charge in [-0.1, -0.05) is 18.7 Å². The van der Waals surface area contributed by atoms with Crippen molar-refractivity contribution in [3.8, 4) is 0 Å². The number of amides is 1. The lowest BCUT2D eigenvalue weighted by Crippen LogP contribution is -2.18. The molecule has 2 rings (SSSR count). The third-order valence-electron chi connectivity index (χ3n) is 2.72. The molecule has 7 nitrogen and oxygen atoms in total. The van der Waals surface area contributed by atoms with Gasteiger partial charge >= 0.3 is 5.97 Å². The average Bonchev–Trinajstić information content (AvgIpc) is 3.08. The molecule has 0 aliphatic carbocycles. The monoisotopic (exact) mass is 321 g/mol. The summed E-state index contributed by atoms with van der Waals surface area (Å²) >= 11 is 1.27. The average molecular weight is 321 g/mol. The molecule has 1 unspecified atom stereocenters. The summed E-state index contributed by atoms with van der Waals surface area (Å²) in [5, 5.41) is 10.7. The number of rotatable bonds is 6. The number of carbonyl (C=O) groups is 2. The largest absolute Gasteiger partial charge is 0.468 e. The second-order valence-corrected chi connectivity index (χ2v) is 5.45. The Morgan fingerprint density at radius 1 is 1.36 bits per heavy atom. The van der Waals surface area contributed by atoms with E-state index in [1.807, 2.05) is 6.92 Å². The molecule has 8 heteroatoms. The number of nitrogens with one attached hydrogen (secondary N) is 1. The van der Waals surface area contributed by atoms with Crippen LogP contribution in [0.1, 0.15) is 23.9 Å². The second-order valence-electron chi connectivity index (χ2n) is 4.23. The minimum absolute atomic E-state index is 0.192. The molecule has 0 fully saturated rings. The van der Waals surface area contributed by atoms with Crippen LogP contribution < -0.4 is 5.32 Å². The third-order valence-corrected chi connectivity index (χ3v) is 3.99. The molecule has 1 amide bonds. The topological polar surface area (TPSA) is 94.3 Å². The van der Waals surface area contributed by atoms with Crippen LogP contribution in [0.5, 0.6) is 0 Å². The van der Waals surface area contributed by atoms with Crippen molar-refractivity contribution in [2.24, 2.45) is 0 Å². The second kappa shape index (κ2) is 7.60. The van der Waals surface area contributed by atoms with E-state index in [9.17, 15) is 9.59 Å². The first-order chi connectivity index (χ1) is 10.6. The van der Waals surface area contributed by atoms with Crippen molar-refractivity contribution < 1.29 is 18.7 Å². The van der Waals surface area contributed by atoms with Crippen molar-refractivity contribution in [3.05, 3.63) is 36.3 Å². The van der Waals surface area contributed by atoms with Crippen molar-refractivity contribution in [1.29, 1.82) is 0 Å². The molecular weight excluding hydrogens is 306 g/mol. The smallest absolute Gasteiger partial charge is 0.319 e. The van der Waals surface area contributed by atoms with Crippen LogP contribution in [0.4, 0.5) is 5.82 Å². The Labute approximate surface area is 131 Å². The lowest BCUT2D eigenvalue weighted by molar-refractivity contribution is -0.140. The number of thioether (sulfide) groups is 1. The molecule has 0 spiro atoms. The lowest BCUT2D eigenvalue weighted by atomic mass is 10.3. The number of hydrogen-bond acceptors (Lipinski definition) is 7. The minimum Gasteiger partial charge on any atom is -0.468 e. The van der Waals surface area contributed by atoms with Gasteiger partial charge in [0.15, 0.2) is 11.6 Å². The van der Waals surface area contributed by atoms with Crippen LogP contribution in [0.2, 0.25) is 0 Å². The van der Waals surface area contributed by atoms with Crippen molar-refractivity contribution in [2.45, 2.75) is 23.6 Å². The van der Waals surface area contributed by atoms with Crippen LogP contribution in [0.25, 0.3) is 0 Å². The number of hydrogen-bond donors (Lipinski definition) is 1. The van der Waals surface area contributed by atoms with Crippen molar-refractivity contribution in [2.75, 3.05) is 12.4 Å². The van der Waals surface area contributed by atoms with E-state index in [-0.39, 0.29) is 17.0 Å². The van der Waals surface area contributed by atoms with Crippen LogP contribution in [-0.4, -0.2) is 34.4 Å². The summed E-state index contributed by atoms with van der Waals surface area (Å²) in [6, 6.07) is 6.47. The minimum atomic E-state index is -0.402. The molecule has 0 aromatic carbocycles. The van der Waals surface area contributed by atoms with Crippen molar-refractivity contribution in [1.82, 2.24) is 10.2 Å². The summed E-state index contributed by atoms with van der Waals surface area (Å²) < 4.78 is 9.70. The predicted molar refractivity (Wildman–Crippen MR) is 80.6 cm³/mol. The van der Waals surface area contributed by atoms with Gasteiger partial charge in [-0.25, -0.2) is 0 Å². The molecule has 0 aliphatic rings. The maximum absolute atomic E-state index is 11.8. The molecule has 0 saturated heterocycles. The van der Waals surface area contributed by atoms with Crippen molar-refractivity contribution in [3.63, 3.8) is 0 Å². The number of carbonyl (C=O) groups excluding carboxylic acids is 2. The fourth-order valence-electron chi connectivity index (χ4n) is 1.61. The molecule has 0 saturated carbocycles. The van der Waals surface area contributed by atoms with E-state index in [2.05, 4.69) is 15.5 Å². The Hall–Kier alpha value is -2.35. The molecule has 1 N–H and O–H groups in total. The van der Waals surface area contributed by atoms with Crippen LogP contribution in [0.3, 0.4) is 0 Å². The highest BCUT2D eigenvalue weighted by molar-refractivity contribution is 8.00. The number of anilines is 1. The molecular formula is C14H15N3O4S. The van der Waals surface area contributed by atoms with Crippen LogP contribution in [0, 0.1) is 0 Å². The Bertz CT molecular complexity index is 628. The maximum Gasteiger partial charge on any atom is 0.319 e. The Kier molecular flexibility index (Phi) is 5.54. The molecule has 1 atom stereocenters. The zero-order valence-corrected chi connectivity index (χ0v) is 12.9. The van der Waals surface area contributed by atoms with E-state index in [1.54, 1.807) is 24.3 Å². The van der Waals surface area contributed by atoms with Gasteiger partial charge in [0.05, 0.1) is 13.4 Å². The zero-order chi connectivity index (χ0) is 15.9. The van der Waals surface area contributed by atoms with E-state index in [0.717, 1.165) is 0 Å². The molecule has 22 heavy (non-hydrogen) atoms. The van der Waals surface area contributed by atoms with Crippen molar-refractivity contribution >= 4 is 29.5 Å². The first-order valence-corrected chi connectivity index (χ1v) is 7.45. The number of aromatic nitrogens is 2. The Morgan fingerprint density at radius 2 is 2.18 bits per heavy atom. The number of methoxy groups -OCH3 is 1. The van der Waals surface area contributed by atoms with E-state index < -0.39 is 5.91 Å². The van der Waals surface area contributed by atoms with Gasteiger partial charge in [-0.05, 0) is 30.7 Å². The summed E-state index contributed by atoms with van der Waals surface area (Å²) in [6.45, 7) is 1.89. The summed E-state index contributed by atoms with van der Waals surface area (Å²) in [5.41, 5.74) is 0. The first-order valence-electron chi connectivity index (χ1n) is 6.57. The van der Waals surface area contributed by atoms with Crippen LogP contribution in [0.15, 0.2) is 40.0 Å². The molecule has 0 radical (unpaired) electrons. The summed E-state index contributed by atoms with van der Waals surface area (Å²) in [6.07, 6.45) is 2.04. The van der Waals surface area contributed by atoms with E-state index >= 15 is 0 Å². The summed E-state index contributed by atoms with van der Waals surface area (Å²) in [7, 11) is 1.35. The molecule has 0 bridgehead atoms. The highest BCUT2D eigenvalue weighted by Crippen LogP contribution is 2.24. The van der Waals surface area contributed by atoms with Gasteiger partial charge in [-0.15, -0.1) is 10.2 Å². The summed E-state index contributed by atoms with van der Waals surface area (Å²) in [4.78, 5) is 23.3. The molecule has 116 valence electrons. The predicted octanol–water partition coefficient (Wildman–Crippen LogP) is 2.37. The van der Waals surface area contributed by atoms with Gasteiger partial charge in [0, 0.05) is 0 Å². The standard InChI is InChI=1S/C14H15N3O4S/c1-3-10(14(19)20-2)22-12-7-6-11(16-17-12)15-13(18)9-5-4-8-21-9/h4-8,10H,3H2,1-2H3,(H,15,16,18). The quantitative estimate of drug-likeness (QED) is 0.644. The van der Waals surface area contributed by atoms with Gasteiger partial charge in [0.2, 0.25) is 0 Å². The van der Waals surface area contributed by atoms with E-state index in [4.69, 9.17) is 9.15 Å². The zero-order valence-electron chi connectivity index (χ0n) is 12.1. The SMILES string of the molecule is CCC(Sc1ccc(NC(=O)c2ccco2)nn1)C(=O)OC. The van der Waals surface area contributed by atoms with Crippen LogP contribution in [-0.2, 0) is 9.53 Å². The van der Waals surface area contributed by atoms with Gasteiger partial charge in [0.1, 0.15) is 10.3 Å². The fourth-order valence-corrected chi connectivity index (χ4v) is 2.50. The Balaban J connectivity index is 1.98. The Morgan fingerprint density at radius 3 is 2.73 bits per heavy atom. The number of nitrogens with zero attached hydrogens (tertiary/aromatic N) is 2. The van der Waals surface area contributed by atoms with Gasteiger partial charge in [-0.3, -0.25) is 9.59 Å². The fraction of sp³-hybridized carbons (Fsp3) is 0.286. The highest BCUT2D eigenvalue weighted by Gasteiger charge is 2.19. The number of ether oxygens (including phenoxy) is 1. The first kappa shape index (κ1) is 16.0. The lowest BCUT2D eigenvalue weighted by Gasteiger charge is -2.10.